The largest absolute Gasteiger partial charge is 0.453 e. The fourth-order valence-corrected chi connectivity index (χ4v) is 3.78. The van der Waals surface area contributed by atoms with Gasteiger partial charge in [0, 0.05) is 11.3 Å². The topological polar surface area (TPSA) is 78.3 Å². The molecule has 2 aromatic rings. The van der Waals surface area contributed by atoms with Crippen LogP contribution < -0.4 is 5.56 Å². The lowest BCUT2D eigenvalue weighted by atomic mass is 9.96. The molecule has 0 N–H and O–H groups in total. The van der Waals surface area contributed by atoms with Gasteiger partial charge in [0.25, 0.3) is 5.56 Å². The molecule has 3 rings (SSSR count). The molecular formula is C16H18N2O4S. The number of ketones is 1. The van der Waals surface area contributed by atoms with Crippen molar-refractivity contribution in [3.8, 4) is 0 Å². The van der Waals surface area contributed by atoms with Crippen LogP contribution >= 0.6 is 11.3 Å². The first kappa shape index (κ1) is 15.9. The van der Waals surface area contributed by atoms with E-state index < -0.39 is 12.1 Å². The molecule has 0 radical (unpaired) electrons. The van der Waals surface area contributed by atoms with Gasteiger partial charge >= 0.3 is 5.97 Å². The highest BCUT2D eigenvalue weighted by Crippen LogP contribution is 2.25. The number of hydrogen-bond donors (Lipinski definition) is 0. The highest BCUT2D eigenvalue weighted by Gasteiger charge is 2.26. The second kappa shape index (κ2) is 6.23. The maximum absolute atomic E-state index is 12.5. The Balaban J connectivity index is 1.80. The number of rotatable bonds is 3. The quantitative estimate of drug-likeness (QED) is 0.804. The normalized spacial score (nSPS) is 18.3. The molecular weight excluding hydrogens is 316 g/mol. The third-order valence-electron chi connectivity index (χ3n) is 4.23. The Hall–Kier alpha value is -2.02. The summed E-state index contributed by atoms with van der Waals surface area (Å²) in [7, 11) is 0. The number of carbonyl (C=O) groups excluding carboxylic acids is 2. The van der Waals surface area contributed by atoms with Gasteiger partial charge in [-0.1, -0.05) is 0 Å². The monoisotopic (exact) mass is 334 g/mol. The number of Topliss-reactive ketones (excluding diaryl/α,β-unsaturated/α-hetero) is 1. The van der Waals surface area contributed by atoms with E-state index in [9.17, 15) is 14.4 Å². The van der Waals surface area contributed by atoms with Crippen molar-refractivity contribution in [2.24, 2.45) is 0 Å². The Bertz CT molecular complexity index is 836. The van der Waals surface area contributed by atoms with E-state index in [0.717, 1.165) is 23.3 Å². The van der Waals surface area contributed by atoms with Gasteiger partial charge in [-0.3, -0.25) is 19.0 Å². The Kier molecular flexibility index (Phi) is 4.30. The molecule has 1 aliphatic carbocycles. The predicted octanol–water partition coefficient (Wildman–Crippen LogP) is 2.13. The summed E-state index contributed by atoms with van der Waals surface area (Å²) < 4.78 is 6.48. The lowest BCUT2D eigenvalue weighted by molar-refractivity contribution is -0.157. The second-order valence-electron chi connectivity index (χ2n) is 5.83. The minimum absolute atomic E-state index is 0.0326. The Morgan fingerprint density at radius 3 is 2.91 bits per heavy atom. The molecule has 0 aromatic carbocycles. The van der Waals surface area contributed by atoms with Gasteiger partial charge in [0.2, 0.25) is 0 Å². The molecule has 0 spiro atoms. The van der Waals surface area contributed by atoms with Gasteiger partial charge in [-0.15, -0.1) is 11.3 Å². The van der Waals surface area contributed by atoms with Crippen molar-refractivity contribution >= 4 is 33.3 Å². The van der Waals surface area contributed by atoms with Gasteiger partial charge in [-0.25, -0.2) is 4.98 Å². The third kappa shape index (κ3) is 3.06. The van der Waals surface area contributed by atoms with Crippen molar-refractivity contribution in [1.82, 2.24) is 9.55 Å². The molecule has 122 valence electrons. The second-order valence-corrected chi connectivity index (χ2v) is 7.03. The lowest BCUT2D eigenvalue weighted by Crippen LogP contribution is -2.33. The van der Waals surface area contributed by atoms with Crippen LogP contribution in [0.15, 0.2) is 11.1 Å². The van der Waals surface area contributed by atoms with E-state index in [0.29, 0.717) is 23.1 Å². The maximum Gasteiger partial charge on any atom is 0.326 e. The van der Waals surface area contributed by atoms with Gasteiger partial charge < -0.3 is 4.74 Å². The van der Waals surface area contributed by atoms with Crippen molar-refractivity contribution in [2.45, 2.75) is 52.2 Å². The number of thiophene rings is 1. The summed E-state index contributed by atoms with van der Waals surface area (Å²) in [6.45, 7) is 3.59. The molecule has 7 heteroatoms. The summed E-state index contributed by atoms with van der Waals surface area (Å²) in [5.41, 5.74) is 0.649. The summed E-state index contributed by atoms with van der Waals surface area (Å²) in [6.07, 6.45) is 3.46. The van der Waals surface area contributed by atoms with Gasteiger partial charge in [-0.05, 0) is 38.7 Å². The number of nitrogens with zero attached hydrogens (tertiary/aromatic N) is 2. The first-order chi connectivity index (χ1) is 11.0. The number of aryl methyl sites for hydroxylation is 2. The van der Waals surface area contributed by atoms with Crippen LogP contribution in [0.5, 0.6) is 0 Å². The Labute approximate surface area is 137 Å². The van der Waals surface area contributed by atoms with E-state index >= 15 is 0 Å². The fourth-order valence-electron chi connectivity index (χ4n) is 2.79. The number of hydrogen-bond acceptors (Lipinski definition) is 6. The zero-order valence-corrected chi connectivity index (χ0v) is 13.9. The van der Waals surface area contributed by atoms with Gasteiger partial charge in [0.15, 0.2) is 11.9 Å². The first-order valence-corrected chi connectivity index (χ1v) is 8.46. The van der Waals surface area contributed by atoms with Gasteiger partial charge in [0.1, 0.15) is 11.4 Å². The van der Waals surface area contributed by atoms with E-state index in [-0.39, 0.29) is 17.9 Å². The van der Waals surface area contributed by atoms with Crippen LogP contribution in [0, 0.1) is 13.8 Å². The standard InChI is InChI=1S/C16H18N2O4S/c1-9-10(2)23-15-14(9)16(21)18(8-17-15)7-13(20)22-12-6-4-3-5-11(12)19/h8,12H,3-7H2,1-2H3/t12-/m0/s1. The van der Waals surface area contributed by atoms with Gasteiger partial charge in [0.05, 0.1) is 11.7 Å². The third-order valence-corrected chi connectivity index (χ3v) is 5.34. The number of fused-ring (bicyclic) bond motifs is 1. The number of ether oxygens (including phenoxy) is 1. The van der Waals surface area contributed by atoms with E-state index in [1.54, 1.807) is 0 Å². The van der Waals surface area contributed by atoms with Crippen molar-refractivity contribution in [3.63, 3.8) is 0 Å². The van der Waals surface area contributed by atoms with Gasteiger partial charge in [-0.2, -0.15) is 0 Å². The van der Waals surface area contributed by atoms with Crippen LogP contribution in [0.4, 0.5) is 0 Å². The molecule has 1 fully saturated rings. The summed E-state index contributed by atoms with van der Waals surface area (Å²) >= 11 is 1.46. The van der Waals surface area contributed by atoms with Crippen LogP contribution in [-0.2, 0) is 20.9 Å². The SMILES string of the molecule is Cc1sc2ncn(CC(=O)O[C@H]3CCCCC3=O)c(=O)c2c1C. The van der Waals surface area contributed by atoms with Crippen LogP contribution in [0.2, 0.25) is 0 Å². The maximum atomic E-state index is 12.5. The molecule has 0 unspecified atom stereocenters. The van der Waals surface area contributed by atoms with Crippen LogP contribution in [0.3, 0.4) is 0 Å². The summed E-state index contributed by atoms with van der Waals surface area (Å²) in [6, 6.07) is 0. The number of esters is 1. The van der Waals surface area contributed by atoms with Crippen molar-refractivity contribution in [3.05, 3.63) is 27.1 Å². The first-order valence-electron chi connectivity index (χ1n) is 7.64. The molecule has 0 amide bonds. The molecule has 0 saturated heterocycles. The zero-order valence-electron chi connectivity index (χ0n) is 13.1. The highest BCUT2D eigenvalue weighted by molar-refractivity contribution is 7.18. The van der Waals surface area contributed by atoms with Crippen molar-refractivity contribution in [2.75, 3.05) is 0 Å². The average molecular weight is 334 g/mol. The summed E-state index contributed by atoms with van der Waals surface area (Å²) in [4.78, 5) is 42.2. The fraction of sp³-hybridized carbons (Fsp3) is 0.500. The molecule has 23 heavy (non-hydrogen) atoms. The Morgan fingerprint density at radius 1 is 1.39 bits per heavy atom. The minimum atomic E-state index is -0.659. The average Bonchev–Trinajstić information content (AvgIpc) is 2.80. The van der Waals surface area contributed by atoms with Crippen LogP contribution in [0.1, 0.15) is 36.1 Å². The molecule has 1 saturated carbocycles. The molecule has 0 aliphatic heterocycles. The molecule has 6 nitrogen and oxygen atoms in total. The zero-order chi connectivity index (χ0) is 16.6. The van der Waals surface area contributed by atoms with Crippen LogP contribution in [-0.4, -0.2) is 27.4 Å². The number of aromatic nitrogens is 2. The minimum Gasteiger partial charge on any atom is -0.453 e. The lowest BCUT2D eigenvalue weighted by Gasteiger charge is -2.20. The molecule has 0 bridgehead atoms. The van der Waals surface area contributed by atoms with E-state index in [1.807, 2.05) is 13.8 Å². The molecule has 1 aliphatic rings. The summed E-state index contributed by atoms with van der Waals surface area (Å²) in [5, 5.41) is 0.552. The van der Waals surface area contributed by atoms with E-state index in [1.165, 1.54) is 22.2 Å². The number of carbonyl (C=O) groups is 2. The molecule has 2 heterocycles. The van der Waals surface area contributed by atoms with E-state index in [4.69, 9.17) is 4.74 Å². The van der Waals surface area contributed by atoms with E-state index in [2.05, 4.69) is 4.98 Å². The smallest absolute Gasteiger partial charge is 0.326 e. The van der Waals surface area contributed by atoms with Crippen LogP contribution in [0.25, 0.3) is 10.2 Å². The molecule has 1 atom stereocenters. The highest BCUT2D eigenvalue weighted by atomic mass is 32.1. The summed E-state index contributed by atoms with van der Waals surface area (Å²) in [5.74, 6) is -0.604. The Morgan fingerprint density at radius 2 is 2.17 bits per heavy atom. The van der Waals surface area contributed by atoms with Crippen molar-refractivity contribution < 1.29 is 14.3 Å². The van der Waals surface area contributed by atoms with Crippen molar-refractivity contribution in [1.29, 1.82) is 0 Å². The molecule has 2 aromatic heterocycles. The predicted molar refractivity (Wildman–Crippen MR) is 86.7 cm³/mol.